The quantitative estimate of drug-likeness (QED) is 0.765. The number of nitrogens with one attached hydrogen (secondary N) is 2. The normalized spacial score (nSPS) is 28.2. The molecule has 4 heterocycles. The van der Waals surface area contributed by atoms with E-state index in [0.717, 1.165) is 43.5 Å². The van der Waals surface area contributed by atoms with Crippen LogP contribution in [-0.4, -0.2) is 45.0 Å². The Morgan fingerprint density at radius 3 is 2.92 bits per heavy atom. The summed E-state index contributed by atoms with van der Waals surface area (Å²) in [6, 6.07) is 3.98. The summed E-state index contributed by atoms with van der Waals surface area (Å²) in [5.74, 6) is 3.59. The highest BCUT2D eigenvalue weighted by molar-refractivity contribution is 5.53. The van der Waals surface area contributed by atoms with Crippen LogP contribution in [0.3, 0.4) is 0 Å². The number of anilines is 3. The van der Waals surface area contributed by atoms with Gasteiger partial charge in [-0.1, -0.05) is 12.8 Å². The molecule has 7 nitrogen and oxygen atoms in total. The zero-order chi connectivity index (χ0) is 17.6. The van der Waals surface area contributed by atoms with Crippen molar-refractivity contribution in [2.45, 2.75) is 44.4 Å². The lowest BCUT2D eigenvalue weighted by atomic mass is 9.59. The molecule has 0 amide bonds. The second-order valence-electron chi connectivity index (χ2n) is 8.37. The standard InChI is InChI=1S/C19H26N6O/c26-12-19-8-13(9-19)10-25(11-19)18-20-6-5-16(22-18)21-17-7-15(23-24-17)14-3-1-2-4-14/h5-7,13-14,26H,1-4,8-12H2,(H2,20,21,22,23,24). The number of piperidine rings is 2. The summed E-state index contributed by atoms with van der Waals surface area (Å²) < 4.78 is 0. The molecule has 2 aromatic heterocycles. The van der Waals surface area contributed by atoms with Gasteiger partial charge in [-0.25, -0.2) is 4.98 Å². The highest BCUT2D eigenvalue weighted by Gasteiger charge is 2.50. The molecule has 2 bridgehead atoms. The number of aromatic nitrogens is 4. The van der Waals surface area contributed by atoms with Crippen LogP contribution in [0.2, 0.25) is 0 Å². The van der Waals surface area contributed by atoms with Gasteiger partial charge in [0, 0.05) is 42.4 Å². The fourth-order valence-corrected chi connectivity index (χ4v) is 5.08. The van der Waals surface area contributed by atoms with E-state index in [1.165, 1.54) is 31.4 Å². The largest absolute Gasteiger partial charge is 0.396 e. The first kappa shape index (κ1) is 16.1. The Morgan fingerprint density at radius 2 is 2.12 bits per heavy atom. The molecule has 4 aliphatic rings. The van der Waals surface area contributed by atoms with Crippen molar-refractivity contribution in [2.24, 2.45) is 11.3 Å². The molecular formula is C19H26N6O. The lowest BCUT2D eigenvalue weighted by Crippen LogP contribution is -2.58. The Bertz CT molecular complexity index is 778. The van der Waals surface area contributed by atoms with Crippen molar-refractivity contribution in [3.63, 3.8) is 0 Å². The van der Waals surface area contributed by atoms with E-state index in [9.17, 15) is 5.11 Å². The van der Waals surface area contributed by atoms with Crippen LogP contribution in [0.1, 0.15) is 50.1 Å². The van der Waals surface area contributed by atoms with Gasteiger partial charge in [0.2, 0.25) is 5.95 Å². The Hall–Kier alpha value is -2.15. The van der Waals surface area contributed by atoms with Gasteiger partial charge in [0.25, 0.3) is 0 Å². The van der Waals surface area contributed by atoms with Crippen molar-refractivity contribution >= 4 is 17.6 Å². The van der Waals surface area contributed by atoms with Gasteiger partial charge in [-0.15, -0.1) is 0 Å². The Balaban J connectivity index is 1.29. The summed E-state index contributed by atoms with van der Waals surface area (Å²) >= 11 is 0. The molecule has 2 saturated carbocycles. The first-order valence-corrected chi connectivity index (χ1v) is 9.74. The third-order valence-corrected chi connectivity index (χ3v) is 6.36. The zero-order valence-electron chi connectivity index (χ0n) is 15.0. The predicted molar refractivity (Wildman–Crippen MR) is 99.6 cm³/mol. The number of hydrogen-bond acceptors (Lipinski definition) is 6. The van der Waals surface area contributed by atoms with E-state index in [0.29, 0.717) is 11.8 Å². The number of aliphatic hydroxyl groups is 1. The fourth-order valence-electron chi connectivity index (χ4n) is 5.08. The summed E-state index contributed by atoms with van der Waals surface area (Å²) in [6.45, 7) is 2.09. The van der Waals surface area contributed by atoms with Crippen molar-refractivity contribution in [3.05, 3.63) is 24.0 Å². The molecule has 2 aromatic rings. The molecule has 138 valence electrons. The van der Waals surface area contributed by atoms with Gasteiger partial charge in [0.15, 0.2) is 5.82 Å². The minimum absolute atomic E-state index is 0.0636. The summed E-state index contributed by atoms with van der Waals surface area (Å²) in [5.41, 5.74) is 1.29. The van der Waals surface area contributed by atoms with Crippen LogP contribution in [0, 0.1) is 11.3 Å². The number of nitrogens with zero attached hydrogens (tertiary/aromatic N) is 4. The minimum atomic E-state index is 0.0636. The van der Waals surface area contributed by atoms with Crippen LogP contribution < -0.4 is 10.2 Å². The van der Waals surface area contributed by atoms with Crippen molar-refractivity contribution in [1.29, 1.82) is 0 Å². The van der Waals surface area contributed by atoms with Crippen LogP contribution in [-0.2, 0) is 0 Å². The first-order chi connectivity index (χ1) is 12.7. The molecule has 6 rings (SSSR count). The number of hydrogen-bond donors (Lipinski definition) is 3. The average molecular weight is 354 g/mol. The monoisotopic (exact) mass is 354 g/mol. The van der Waals surface area contributed by atoms with Crippen molar-refractivity contribution < 1.29 is 5.11 Å². The van der Waals surface area contributed by atoms with Crippen LogP contribution >= 0.6 is 0 Å². The molecule has 0 atom stereocenters. The second kappa shape index (κ2) is 6.23. The predicted octanol–water partition coefficient (Wildman–Crippen LogP) is 2.81. The summed E-state index contributed by atoms with van der Waals surface area (Å²) in [5, 5.41) is 20.6. The van der Waals surface area contributed by atoms with E-state index in [-0.39, 0.29) is 12.0 Å². The van der Waals surface area contributed by atoms with Gasteiger partial charge in [-0.05, 0) is 37.7 Å². The van der Waals surface area contributed by atoms with Crippen LogP contribution in [0.4, 0.5) is 17.6 Å². The Kier molecular flexibility index (Phi) is 3.85. The van der Waals surface area contributed by atoms with E-state index >= 15 is 0 Å². The van der Waals surface area contributed by atoms with Gasteiger partial charge >= 0.3 is 0 Å². The van der Waals surface area contributed by atoms with Gasteiger partial charge in [-0.3, -0.25) is 5.10 Å². The van der Waals surface area contributed by atoms with E-state index in [1.807, 2.05) is 6.07 Å². The Labute approximate surface area is 153 Å². The highest BCUT2D eigenvalue weighted by Crippen LogP contribution is 2.50. The molecule has 3 N–H and O–H groups in total. The first-order valence-electron chi connectivity index (χ1n) is 9.74. The van der Waals surface area contributed by atoms with Crippen molar-refractivity contribution in [2.75, 3.05) is 29.9 Å². The average Bonchev–Trinajstić information content (AvgIpc) is 3.33. The molecule has 4 fully saturated rings. The second-order valence-corrected chi connectivity index (χ2v) is 8.37. The topological polar surface area (TPSA) is 90.0 Å². The van der Waals surface area contributed by atoms with Crippen LogP contribution in [0.25, 0.3) is 0 Å². The minimum Gasteiger partial charge on any atom is -0.396 e. The third-order valence-electron chi connectivity index (χ3n) is 6.36. The van der Waals surface area contributed by atoms with Crippen molar-refractivity contribution in [3.8, 4) is 0 Å². The molecule has 2 aliphatic heterocycles. The number of H-pyrrole nitrogens is 1. The molecular weight excluding hydrogens is 328 g/mol. The number of fused-ring (bicyclic) bond motifs is 2. The maximum absolute atomic E-state index is 9.70. The van der Waals surface area contributed by atoms with Gasteiger partial charge in [0.05, 0.1) is 6.61 Å². The van der Waals surface area contributed by atoms with Gasteiger partial charge in [0.1, 0.15) is 5.82 Å². The van der Waals surface area contributed by atoms with Crippen LogP contribution in [0.5, 0.6) is 0 Å². The van der Waals surface area contributed by atoms with Crippen molar-refractivity contribution in [1.82, 2.24) is 20.2 Å². The maximum Gasteiger partial charge on any atom is 0.227 e. The van der Waals surface area contributed by atoms with Gasteiger partial charge < -0.3 is 15.3 Å². The number of aromatic amines is 1. The van der Waals surface area contributed by atoms with E-state index in [4.69, 9.17) is 0 Å². The lowest BCUT2D eigenvalue weighted by Gasteiger charge is -2.55. The molecule has 0 radical (unpaired) electrons. The SMILES string of the molecule is OCC12CC(CN(c3nccc(Nc4cc(C5CCCC5)[nH]n4)n3)C1)C2. The molecule has 26 heavy (non-hydrogen) atoms. The van der Waals surface area contributed by atoms with Gasteiger partial charge in [-0.2, -0.15) is 10.1 Å². The molecule has 0 unspecified atom stereocenters. The summed E-state index contributed by atoms with van der Waals surface area (Å²) in [6.07, 6.45) is 9.19. The lowest BCUT2D eigenvalue weighted by molar-refractivity contribution is -0.0210. The molecule has 0 aromatic carbocycles. The summed E-state index contributed by atoms with van der Waals surface area (Å²) in [4.78, 5) is 11.4. The molecule has 2 saturated heterocycles. The third kappa shape index (κ3) is 2.84. The van der Waals surface area contributed by atoms with E-state index in [1.54, 1.807) is 6.20 Å². The maximum atomic E-state index is 9.70. The number of aliphatic hydroxyl groups excluding tert-OH is 1. The fraction of sp³-hybridized carbons (Fsp3) is 0.632. The number of rotatable bonds is 5. The van der Waals surface area contributed by atoms with E-state index < -0.39 is 0 Å². The smallest absolute Gasteiger partial charge is 0.227 e. The highest BCUT2D eigenvalue weighted by atomic mass is 16.3. The summed E-state index contributed by atoms with van der Waals surface area (Å²) in [7, 11) is 0. The molecule has 0 spiro atoms. The van der Waals surface area contributed by atoms with Crippen LogP contribution in [0.15, 0.2) is 18.3 Å². The van der Waals surface area contributed by atoms with E-state index in [2.05, 4.69) is 36.4 Å². The molecule has 2 aliphatic carbocycles. The molecule has 7 heteroatoms. The zero-order valence-corrected chi connectivity index (χ0v) is 15.0. The Morgan fingerprint density at radius 1 is 1.27 bits per heavy atom.